The van der Waals surface area contributed by atoms with Crippen LogP contribution < -0.4 is 0 Å². The van der Waals surface area contributed by atoms with Crippen molar-refractivity contribution in [1.82, 2.24) is 0 Å². The van der Waals surface area contributed by atoms with Gasteiger partial charge in [0.2, 0.25) is 0 Å². The molecule has 126 valence electrons. The minimum atomic E-state index is -0.796. The van der Waals surface area contributed by atoms with E-state index in [1.807, 2.05) is 0 Å². The first-order chi connectivity index (χ1) is 10.7. The largest absolute Gasteiger partial charge is 0.385 e. The molecule has 0 heterocycles. The molecule has 0 aromatic heterocycles. The van der Waals surface area contributed by atoms with Crippen molar-refractivity contribution < 1.29 is 14.7 Å². The van der Waals surface area contributed by atoms with Crippen LogP contribution in [0.1, 0.15) is 59.3 Å². The van der Waals surface area contributed by atoms with Crippen LogP contribution in [0.4, 0.5) is 0 Å². The van der Waals surface area contributed by atoms with Crippen molar-refractivity contribution in [3.8, 4) is 0 Å². The number of rotatable bonds is 0. The summed E-state index contributed by atoms with van der Waals surface area (Å²) in [4.78, 5) is 25.5. The molecule has 0 saturated heterocycles. The third kappa shape index (κ3) is 1.60. The van der Waals surface area contributed by atoms with Gasteiger partial charge >= 0.3 is 0 Å². The predicted octanol–water partition coefficient (Wildman–Crippen LogP) is 3.30. The number of aliphatic hydroxyl groups is 1. The van der Waals surface area contributed by atoms with Gasteiger partial charge in [-0.1, -0.05) is 32.9 Å². The Bertz CT molecular complexity index is 618. The Morgan fingerprint density at radius 3 is 2.52 bits per heavy atom. The minimum Gasteiger partial charge on any atom is -0.385 e. The zero-order chi connectivity index (χ0) is 16.8. The van der Waals surface area contributed by atoms with Gasteiger partial charge in [-0.15, -0.1) is 0 Å². The number of carbonyl (C=O) groups excluding carboxylic acids is 2. The topological polar surface area (TPSA) is 54.4 Å². The molecule has 6 atom stereocenters. The molecular formula is C20H28O3. The van der Waals surface area contributed by atoms with Crippen LogP contribution in [0, 0.1) is 34.0 Å². The summed E-state index contributed by atoms with van der Waals surface area (Å²) in [6.07, 6.45) is 4.10. The molecule has 0 amide bonds. The fourth-order valence-corrected chi connectivity index (χ4v) is 7.08. The second-order valence-electron chi connectivity index (χ2n) is 9.38. The van der Waals surface area contributed by atoms with Crippen LogP contribution in [0.15, 0.2) is 12.2 Å². The maximum atomic E-state index is 13.0. The first-order valence-electron chi connectivity index (χ1n) is 9.09. The zero-order valence-electron chi connectivity index (χ0n) is 14.5. The number of aliphatic hydroxyl groups excluding tert-OH is 1. The molecule has 1 N–H and O–H groups in total. The van der Waals surface area contributed by atoms with Crippen molar-refractivity contribution in [2.24, 2.45) is 34.0 Å². The average molecular weight is 316 g/mol. The van der Waals surface area contributed by atoms with Crippen LogP contribution in [-0.2, 0) is 9.59 Å². The maximum Gasteiger partial charge on any atom is 0.171 e. The highest BCUT2D eigenvalue weighted by Crippen LogP contribution is 2.70. The highest BCUT2D eigenvalue weighted by molar-refractivity contribution is 5.95. The van der Waals surface area contributed by atoms with E-state index < -0.39 is 11.5 Å². The second-order valence-corrected chi connectivity index (χ2v) is 9.38. The number of hydrogen-bond donors (Lipinski definition) is 1. The maximum absolute atomic E-state index is 13.0. The summed E-state index contributed by atoms with van der Waals surface area (Å²) in [7, 11) is 0. The smallest absolute Gasteiger partial charge is 0.171 e. The fourth-order valence-electron chi connectivity index (χ4n) is 7.08. The molecule has 5 fully saturated rings. The summed E-state index contributed by atoms with van der Waals surface area (Å²) in [5.41, 5.74) is 0.250. The molecule has 0 aliphatic heterocycles. The molecule has 5 rings (SSSR count). The third-order valence-corrected chi connectivity index (χ3v) is 8.33. The standard InChI is InChI=1S/C20H28O3/c1-11-9-12-10-14-19(4)7-6-15(21)18(2,3)13(19)5-8-20(11,14)17(23)16(12)22/h12-14,16,22H,1,5-10H2,2-4H3/t12-,13+,14+,16-,19-,20+/m1/s1. The van der Waals surface area contributed by atoms with Crippen LogP contribution in [0.25, 0.3) is 0 Å². The molecule has 5 aliphatic rings. The van der Waals surface area contributed by atoms with Crippen LogP contribution in [-0.4, -0.2) is 22.8 Å². The first-order valence-corrected chi connectivity index (χ1v) is 9.09. The molecule has 0 aromatic carbocycles. The summed E-state index contributed by atoms with van der Waals surface area (Å²) >= 11 is 0. The van der Waals surface area contributed by atoms with Gasteiger partial charge in [0.05, 0.1) is 5.41 Å². The molecule has 0 aromatic rings. The van der Waals surface area contributed by atoms with Gasteiger partial charge in [-0.05, 0) is 55.3 Å². The molecule has 2 bridgehead atoms. The van der Waals surface area contributed by atoms with Crippen LogP contribution >= 0.6 is 0 Å². The monoisotopic (exact) mass is 316 g/mol. The first kappa shape index (κ1) is 15.6. The number of hydrogen-bond acceptors (Lipinski definition) is 3. The molecule has 23 heavy (non-hydrogen) atoms. The van der Waals surface area contributed by atoms with Gasteiger partial charge in [0.25, 0.3) is 0 Å². The van der Waals surface area contributed by atoms with Crippen molar-refractivity contribution in [2.75, 3.05) is 0 Å². The molecule has 1 spiro atoms. The van der Waals surface area contributed by atoms with E-state index in [9.17, 15) is 14.7 Å². The highest BCUT2D eigenvalue weighted by Gasteiger charge is 2.69. The van der Waals surface area contributed by atoms with E-state index in [1.54, 1.807) is 0 Å². The van der Waals surface area contributed by atoms with E-state index >= 15 is 0 Å². The van der Waals surface area contributed by atoms with Crippen LogP contribution in [0.5, 0.6) is 0 Å². The molecule has 5 saturated carbocycles. The molecule has 5 aliphatic carbocycles. The highest BCUT2D eigenvalue weighted by atomic mass is 16.3. The molecule has 0 unspecified atom stereocenters. The number of fused-ring (bicyclic) bond motifs is 3. The summed E-state index contributed by atoms with van der Waals surface area (Å²) in [5, 5.41) is 10.4. The van der Waals surface area contributed by atoms with E-state index in [2.05, 4.69) is 27.4 Å². The van der Waals surface area contributed by atoms with Gasteiger partial charge in [-0.2, -0.15) is 0 Å². The molecular weight excluding hydrogens is 288 g/mol. The second kappa shape index (κ2) is 4.36. The Kier molecular flexibility index (Phi) is 2.95. The lowest BCUT2D eigenvalue weighted by molar-refractivity contribution is -0.189. The summed E-state index contributed by atoms with van der Waals surface area (Å²) in [5.74, 6) is 1.04. The van der Waals surface area contributed by atoms with Gasteiger partial charge in [-0.25, -0.2) is 0 Å². The number of carbonyl (C=O) groups is 2. The van der Waals surface area contributed by atoms with E-state index in [-0.39, 0.29) is 28.4 Å². The summed E-state index contributed by atoms with van der Waals surface area (Å²) in [6.45, 7) is 10.8. The predicted molar refractivity (Wildman–Crippen MR) is 87.7 cm³/mol. The van der Waals surface area contributed by atoms with Gasteiger partial charge in [-0.3, -0.25) is 9.59 Å². The quantitative estimate of drug-likeness (QED) is 0.698. The SMILES string of the molecule is C=C1C[C@@H]2C[C@@H]3[C@@]1(CC[C@H]1C(C)(C)C(=O)CC[C@@]31C)C(=O)[C@@H]2O. The summed E-state index contributed by atoms with van der Waals surface area (Å²) < 4.78 is 0. The van der Waals surface area contributed by atoms with Gasteiger partial charge < -0.3 is 5.11 Å². The Hall–Kier alpha value is -0.960. The Morgan fingerprint density at radius 2 is 1.83 bits per heavy atom. The molecule has 0 radical (unpaired) electrons. The lowest BCUT2D eigenvalue weighted by Crippen LogP contribution is -2.67. The number of Topliss-reactive ketones (excluding diaryl/α,β-unsaturated/α-hetero) is 2. The van der Waals surface area contributed by atoms with Gasteiger partial charge in [0.1, 0.15) is 11.9 Å². The van der Waals surface area contributed by atoms with E-state index in [4.69, 9.17) is 0 Å². The van der Waals surface area contributed by atoms with Crippen LogP contribution in [0.3, 0.4) is 0 Å². The van der Waals surface area contributed by atoms with Crippen molar-refractivity contribution in [1.29, 1.82) is 0 Å². The lowest BCUT2D eigenvalue weighted by atomic mass is 9.36. The Morgan fingerprint density at radius 1 is 1.13 bits per heavy atom. The van der Waals surface area contributed by atoms with Crippen molar-refractivity contribution in [3.05, 3.63) is 12.2 Å². The normalized spacial score (nSPS) is 51.4. The number of ketones is 2. The summed E-state index contributed by atoms with van der Waals surface area (Å²) in [6, 6.07) is 0. The van der Waals surface area contributed by atoms with Gasteiger partial charge in [0, 0.05) is 11.8 Å². The third-order valence-electron chi connectivity index (χ3n) is 8.33. The molecule has 3 nitrogen and oxygen atoms in total. The van der Waals surface area contributed by atoms with Gasteiger partial charge in [0.15, 0.2) is 5.78 Å². The van der Waals surface area contributed by atoms with E-state index in [0.717, 1.165) is 37.7 Å². The van der Waals surface area contributed by atoms with E-state index in [1.165, 1.54) is 0 Å². The Balaban J connectivity index is 1.83. The average Bonchev–Trinajstić information content (AvgIpc) is 2.49. The lowest BCUT2D eigenvalue weighted by Gasteiger charge is -2.67. The zero-order valence-corrected chi connectivity index (χ0v) is 14.5. The van der Waals surface area contributed by atoms with Crippen molar-refractivity contribution in [2.45, 2.75) is 65.4 Å². The fraction of sp³-hybridized carbons (Fsp3) is 0.800. The van der Waals surface area contributed by atoms with E-state index in [0.29, 0.717) is 18.1 Å². The number of allylic oxidation sites excluding steroid dienone is 1. The van der Waals surface area contributed by atoms with Crippen molar-refractivity contribution in [3.63, 3.8) is 0 Å². The van der Waals surface area contributed by atoms with Crippen LogP contribution in [0.2, 0.25) is 0 Å². The minimum absolute atomic E-state index is 0.00701. The molecule has 3 heteroatoms. The Labute approximate surface area is 138 Å². The van der Waals surface area contributed by atoms with Crippen molar-refractivity contribution >= 4 is 11.6 Å².